The van der Waals surface area contributed by atoms with Gasteiger partial charge in [0, 0.05) is 12.6 Å². The van der Waals surface area contributed by atoms with Crippen molar-refractivity contribution in [3.05, 3.63) is 0 Å². The van der Waals surface area contributed by atoms with Crippen LogP contribution in [0.5, 0.6) is 0 Å². The first kappa shape index (κ1) is 17.7. The maximum atomic E-state index is 12.1. The van der Waals surface area contributed by atoms with Crippen LogP contribution in [0.1, 0.15) is 60.3 Å². The molecule has 5 nitrogen and oxygen atoms in total. The minimum Gasteiger partial charge on any atom is -0.480 e. The molecule has 2 amide bonds. The monoisotopic (exact) mass is 272 g/mol. The quantitative estimate of drug-likeness (QED) is 0.667. The SMILES string of the molecule is CCCCCC(C)NC(=O)N(CC)C(C)(C)C(=O)O. The molecule has 0 aliphatic heterocycles. The van der Waals surface area contributed by atoms with Crippen molar-refractivity contribution in [2.75, 3.05) is 6.54 Å². The molecule has 0 heterocycles. The second-order valence-electron chi connectivity index (χ2n) is 5.45. The highest BCUT2D eigenvalue weighted by atomic mass is 16.4. The Balaban J connectivity index is 4.48. The van der Waals surface area contributed by atoms with E-state index in [1.165, 1.54) is 4.90 Å². The van der Waals surface area contributed by atoms with E-state index in [1.807, 2.05) is 6.92 Å². The van der Waals surface area contributed by atoms with E-state index in [1.54, 1.807) is 20.8 Å². The van der Waals surface area contributed by atoms with E-state index in [2.05, 4.69) is 12.2 Å². The number of aliphatic carboxylic acids is 1. The van der Waals surface area contributed by atoms with Crippen LogP contribution in [0.4, 0.5) is 4.79 Å². The second kappa shape index (κ2) is 8.02. The molecule has 112 valence electrons. The van der Waals surface area contributed by atoms with Crippen molar-refractivity contribution in [2.45, 2.75) is 71.9 Å². The fraction of sp³-hybridized carbons (Fsp3) is 0.857. The molecule has 19 heavy (non-hydrogen) atoms. The van der Waals surface area contributed by atoms with Crippen LogP contribution in [0.15, 0.2) is 0 Å². The second-order valence-corrected chi connectivity index (χ2v) is 5.45. The molecule has 1 atom stereocenters. The van der Waals surface area contributed by atoms with E-state index >= 15 is 0 Å². The molecule has 0 aliphatic carbocycles. The number of nitrogens with zero attached hydrogens (tertiary/aromatic N) is 1. The molecule has 0 rings (SSSR count). The number of carboxylic acid groups (broad SMARTS) is 1. The fourth-order valence-electron chi connectivity index (χ4n) is 1.97. The van der Waals surface area contributed by atoms with Gasteiger partial charge in [-0.05, 0) is 34.1 Å². The number of hydrogen-bond acceptors (Lipinski definition) is 2. The van der Waals surface area contributed by atoms with Crippen LogP contribution >= 0.6 is 0 Å². The summed E-state index contributed by atoms with van der Waals surface area (Å²) < 4.78 is 0. The van der Waals surface area contributed by atoms with Gasteiger partial charge in [0.25, 0.3) is 0 Å². The lowest BCUT2D eigenvalue weighted by molar-refractivity contribution is -0.147. The first-order valence-electron chi connectivity index (χ1n) is 7.08. The Labute approximate surface area is 116 Å². The molecule has 0 radical (unpaired) electrons. The lowest BCUT2D eigenvalue weighted by atomic mass is 10.0. The smallest absolute Gasteiger partial charge is 0.329 e. The molecule has 0 aromatic rings. The van der Waals surface area contributed by atoms with Gasteiger partial charge in [0.15, 0.2) is 0 Å². The predicted octanol–water partition coefficient (Wildman–Crippen LogP) is 2.85. The van der Waals surface area contributed by atoms with Crippen molar-refractivity contribution in [1.82, 2.24) is 10.2 Å². The summed E-state index contributed by atoms with van der Waals surface area (Å²) in [5.74, 6) is -0.997. The Morgan fingerprint density at radius 2 is 1.84 bits per heavy atom. The summed E-state index contributed by atoms with van der Waals surface area (Å²) >= 11 is 0. The van der Waals surface area contributed by atoms with Crippen molar-refractivity contribution in [3.63, 3.8) is 0 Å². The molecule has 0 bridgehead atoms. The minimum atomic E-state index is -1.19. The van der Waals surface area contributed by atoms with Crippen molar-refractivity contribution in [2.24, 2.45) is 0 Å². The highest BCUT2D eigenvalue weighted by molar-refractivity contribution is 5.85. The number of amides is 2. The van der Waals surface area contributed by atoms with E-state index in [9.17, 15) is 14.7 Å². The lowest BCUT2D eigenvalue weighted by Gasteiger charge is -2.35. The van der Waals surface area contributed by atoms with Crippen molar-refractivity contribution < 1.29 is 14.7 Å². The Hall–Kier alpha value is -1.26. The summed E-state index contributed by atoms with van der Waals surface area (Å²) in [6, 6.07) is -0.239. The molecule has 0 aromatic carbocycles. The number of nitrogens with one attached hydrogen (secondary N) is 1. The number of carboxylic acids is 1. The Morgan fingerprint density at radius 1 is 1.26 bits per heavy atom. The van der Waals surface area contributed by atoms with Gasteiger partial charge in [-0.15, -0.1) is 0 Å². The standard InChI is InChI=1S/C14H28N2O3/c1-6-8-9-10-11(3)15-13(19)16(7-2)14(4,5)12(17)18/h11H,6-10H2,1-5H3,(H,15,19)(H,17,18). The van der Waals surface area contributed by atoms with Crippen LogP contribution in [0.3, 0.4) is 0 Å². The van der Waals surface area contributed by atoms with E-state index in [4.69, 9.17) is 0 Å². The van der Waals surface area contributed by atoms with Gasteiger partial charge in [-0.3, -0.25) is 0 Å². The molecular formula is C14H28N2O3. The van der Waals surface area contributed by atoms with E-state index in [-0.39, 0.29) is 12.1 Å². The Morgan fingerprint density at radius 3 is 2.26 bits per heavy atom. The van der Waals surface area contributed by atoms with Crippen molar-refractivity contribution in [1.29, 1.82) is 0 Å². The first-order valence-corrected chi connectivity index (χ1v) is 7.08. The fourth-order valence-corrected chi connectivity index (χ4v) is 1.97. The van der Waals surface area contributed by atoms with E-state index in [0.29, 0.717) is 6.54 Å². The number of urea groups is 1. The minimum absolute atomic E-state index is 0.0673. The molecule has 1 unspecified atom stereocenters. The Bertz CT molecular complexity index is 303. The summed E-state index contributed by atoms with van der Waals surface area (Å²) in [4.78, 5) is 24.7. The maximum absolute atomic E-state index is 12.1. The molecule has 0 fully saturated rings. The molecule has 0 saturated heterocycles. The van der Waals surface area contributed by atoms with Gasteiger partial charge in [0.05, 0.1) is 0 Å². The van der Waals surface area contributed by atoms with Gasteiger partial charge in [0.1, 0.15) is 5.54 Å². The van der Waals surface area contributed by atoms with Gasteiger partial charge >= 0.3 is 12.0 Å². The van der Waals surface area contributed by atoms with Crippen LogP contribution < -0.4 is 5.32 Å². The van der Waals surface area contributed by atoms with Crippen LogP contribution in [0, 0.1) is 0 Å². The van der Waals surface area contributed by atoms with Gasteiger partial charge in [0.2, 0.25) is 0 Å². The van der Waals surface area contributed by atoms with Gasteiger partial charge in [-0.1, -0.05) is 26.2 Å². The normalized spacial score (nSPS) is 12.9. The highest BCUT2D eigenvalue weighted by Crippen LogP contribution is 2.15. The zero-order chi connectivity index (χ0) is 15.1. The molecular weight excluding hydrogens is 244 g/mol. The molecule has 5 heteroatoms. The number of likely N-dealkylation sites (N-methyl/N-ethyl adjacent to an activating group) is 1. The van der Waals surface area contributed by atoms with Crippen LogP contribution in [-0.2, 0) is 4.79 Å². The van der Waals surface area contributed by atoms with Gasteiger partial charge < -0.3 is 15.3 Å². The van der Waals surface area contributed by atoms with E-state index in [0.717, 1.165) is 25.7 Å². The summed E-state index contributed by atoms with van der Waals surface area (Å²) in [5.41, 5.74) is -1.19. The highest BCUT2D eigenvalue weighted by Gasteiger charge is 2.37. The third kappa shape index (κ3) is 5.49. The number of unbranched alkanes of at least 4 members (excludes halogenated alkanes) is 2. The third-order valence-corrected chi connectivity index (χ3v) is 3.37. The zero-order valence-electron chi connectivity index (χ0n) is 12.8. The van der Waals surface area contributed by atoms with Gasteiger partial charge in [-0.25, -0.2) is 9.59 Å². The Kier molecular flexibility index (Phi) is 7.49. The van der Waals surface area contributed by atoms with Crippen LogP contribution in [0.25, 0.3) is 0 Å². The number of carbonyl (C=O) groups is 2. The predicted molar refractivity (Wildman–Crippen MR) is 76.2 cm³/mol. The van der Waals surface area contributed by atoms with Crippen molar-refractivity contribution >= 4 is 12.0 Å². The third-order valence-electron chi connectivity index (χ3n) is 3.37. The molecule has 2 N–H and O–H groups in total. The largest absolute Gasteiger partial charge is 0.480 e. The number of rotatable bonds is 8. The average molecular weight is 272 g/mol. The lowest BCUT2D eigenvalue weighted by Crippen LogP contribution is -2.57. The topological polar surface area (TPSA) is 69.6 Å². The molecule has 0 saturated carbocycles. The van der Waals surface area contributed by atoms with Crippen LogP contribution in [0.2, 0.25) is 0 Å². The van der Waals surface area contributed by atoms with E-state index < -0.39 is 11.5 Å². The molecule has 0 spiro atoms. The zero-order valence-corrected chi connectivity index (χ0v) is 12.8. The average Bonchev–Trinajstić information content (AvgIpc) is 2.29. The molecule has 0 aliphatic rings. The first-order chi connectivity index (χ1) is 8.77. The maximum Gasteiger partial charge on any atom is 0.329 e. The summed E-state index contributed by atoms with van der Waals surface area (Å²) in [5, 5.41) is 12.1. The summed E-state index contributed by atoms with van der Waals surface area (Å²) in [6.45, 7) is 9.33. The van der Waals surface area contributed by atoms with Crippen molar-refractivity contribution in [3.8, 4) is 0 Å². The van der Waals surface area contributed by atoms with Gasteiger partial charge in [-0.2, -0.15) is 0 Å². The van der Waals surface area contributed by atoms with Crippen LogP contribution in [-0.4, -0.2) is 40.1 Å². The summed E-state index contributed by atoms with van der Waals surface area (Å²) in [7, 11) is 0. The molecule has 0 aromatic heterocycles. The number of carbonyl (C=O) groups excluding carboxylic acids is 1. The number of hydrogen-bond donors (Lipinski definition) is 2. The summed E-state index contributed by atoms with van der Waals surface area (Å²) in [6.07, 6.45) is 4.29.